The number of rotatable bonds is 8. The van der Waals surface area contributed by atoms with E-state index in [4.69, 9.17) is 9.26 Å². The van der Waals surface area contributed by atoms with Gasteiger partial charge in [-0.15, -0.1) is 0 Å². The second-order valence-electron chi connectivity index (χ2n) is 6.87. The Morgan fingerprint density at radius 3 is 2.62 bits per heavy atom. The van der Waals surface area contributed by atoms with Crippen LogP contribution in [0.1, 0.15) is 51.3 Å². The summed E-state index contributed by atoms with van der Waals surface area (Å²) in [5.41, 5.74) is 0.809. The Bertz CT molecular complexity index is 731. The number of ether oxygens (including phenoxy) is 1. The van der Waals surface area contributed by atoms with Crippen molar-refractivity contribution in [3.05, 3.63) is 30.2 Å². The number of carbonyl (C=O) groups excluding carboxylic acids is 1. The molecule has 1 fully saturated rings. The summed E-state index contributed by atoms with van der Waals surface area (Å²) in [5.74, 6) is 2.38. The van der Waals surface area contributed by atoms with Crippen molar-refractivity contribution in [2.75, 3.05) is 20.2 Å². The lowest BCUT2D eigenvalue weighted by Gasteiger charge is -2.39. The average Bonchev–Trinajstić information content (AvgIpc) is 3.09. The number of hydrogen-bond donors (Lipinski definition) is 0. The largest absolute Gasteiger partial charge is 0.496 e. The third-order valence-electron chi connectivity index (χ3n) is 4.96. The van der Waals surface area contributed by atoms with Crippen LogP contribution in [-0.4, -0.2) is 41.1 Å². The Morgan fingerprint density at radius 1 is 1.27 bits per heavy atom. The zero-order chi connectivity index (χ0) is 18.5. The number of methoxy groups -OCH3 is 1. The summed E-state index contributed by atoms with van der Waals surface area (Å²) < 4.78 is 10.8. The van der Waals surface area contributed by atoms with Gasteiger partial charge in [-0.3, -0.25) is 4.79 Å². The highest BCUT2D eigenvalue weighted by Gasteiger charge is 2.37. The van der Waals surface area contributed by atoms with Gasteiger partial charge in [-0.2, -0.15) is 4.98 Å². The summed E-state index contributed by atoms with van der Waals surface area (Å²) >= 11 is 0. The molecule has 0 atom stereocenters. The summed E-state index contributed by atoms with van der Waals surface area (Å²) in [6, 6.07) is 7.60. The summed E-state index contributed by atoms with van der Waals surface area (Å²) in [6.45, 7) is 5.59. The van der Waals surface area contributed by atoms with Crippen molar-refractivity contribution in [1.29, 1.82) is 0 Å². The second-order valence-corrected chi connectivity index (χ2v) is 6.87. The molecule has 0 spiro atoms. The monoisotopic (exact) mass is 357 g/mol. The van der Waals surface area contributed by atoms with Gasteiger partial charge in [-0.25, -0.2) is 0 Å². The molecule has 140 valence electrons. The molecular formula is C20H27N3O3. The molecule has 1 saturated heterocycles. The van der Waals surface area contributed by atoms with Gasteiger partial charge >= 0.3 is 0 Å². The molecule has 2 aromatic rings. The van der Waals surface area contributed by atoms with E-state index in [0.29, 0.717) is 30.6 Å². The Kier molecular flexibility index (Phi) is 5.91. The van der Waals surface area contributed by atoms with Gasteiger partial charge in [0, 0.05) is 19.0 Å². The maximum absolute atomic E-state index is 12.6. The smallest absolute Gasteiger partial charge is 0.233 e. The van der Waals surface area contributed by atoms with Gasteiger partial charge in [0.05, 0.1) is 18.6 Å². The third kappa shape index (κ3) is 3.74. The summed E-state index contributed by atoms with van der Waals surface area (Å²) in [5, 5.41) is 4.09. The van der Waals surface area contributed by atoms with Crippen LogP contribution in [0, 0.1) is 5.92 Å². The average molecular weight is 357 g/mol. The third-order valence-corrected chi connectivity index (χ3v) is 4.96. The van der Waals surface area contributed by atoms with E-state index in [1.807, 2.05) is 29.2 Å². The summed E-state index contributed by atoms with van der Waals surface area (Å²) in [4.78, 5) is 19.1. The van der Waals surface area contributed by atoms with Gasteiger partial charge in [0.1, 0.15) is 5.75 Å². The first-order valence-electron chi connectivity index (χ1n) is 9.43. The number of carbonyl (C=O) groups is 1. The van der Waals surface area contributed by atoms with E-state index in [0.717, 1.165) is 31.2 Å². The maximum atomic E-state index is 12.6. The first-order chi connectivity index (χ1) is 12.7. The van der Waals surface area contributed by atoms with Crippen LogP contribution in [0.2, 0.25) is 0 Å². The van der Waals surface area contributed by atoms with Gasteiger partial charge in [0.25, 0.3) is 0 Å². The zero-order valence-corrected chi connectivity index (χ0v) is 15.8. The lowest BCUT2D eigenvalue weighted by molar-refractivity contribution is -0.141. The highest BCUT2D eigenvalue weighted by molar-refractivity contribution is 5.79. The molecule has 0 saturated carbocycles. The minimum Gasteiger partial charge on any atom is -0.496 e. The summed E-state index contributed by atoms with van der Waals surface area (Å²) in [6.07, 6.45) is 4.01. The Hall–Kier alpha value is -2.37. The lowest BCUT2D eigenvalue weighted by Crippen LogP contribution is -2.50. The van der Waals surface area contributed by atoms with Crippen molar-refractivity contribution in [1.82, 2.24) is 15.0 Å². The van der Waals surface area contributed by atoms with Gasteiger partial charge in [0.2, 0.25) is 17.6 Å². The fourth-order valence-electron chi connectivity index (χ4n) is 3.50. The highest BCUT2D eigenvalue weighted by Crippen LogP contribution is 2.32. The number of likely N-dealkylation sites (tertiary alicyclic amines) is 1. The van der Waals surface area contributed by atoms with Gasteiger partial charge < -0.3 is 14.2 Å². The van der Waals surface area contributed by atoms with Crippen LogP contribution in [0.25, 0.3) is 11.4 Å². The molecule has 0 aliphatic carbocycles. The fraction of sp³-hybridized carbons (Fsp3) is 0.550. The van der Waals surface area contributed by atoms with Crippen LogP contribution in [0.15, 0.2) is 28.8 Å². The molecule has 0 bridgehead atoms. The first-order valence-corrected chi connectivity index (χ1v) is 9.43. The van der Waals surface area contributed by atoms with Gasteiger partial charge in [0.15, 0.2) is 0 Å². The van der Waals surface area contributed by atoms with Gasteiger partial charge in [-0.1, -0.05) is 44.0 Å². The molecule has 2 heterocycles. The number of amides is 1. The van der Waals surface area contributed by atoms with Crippen molar-refractivity contribution in [2.24, 2.45) is 5.92 Å². The Labute approximate surface area is 154 Å². The van der Waals surface area contributed by atoms with Crippen LogP contribution in [-0.2, 0) is 4.79 Å². The maximum Gasteiger partial charge on any atom is 0.233 e. The van der Waals surface area contributed by atoms with Crippen molar-refractivity contribution >= 4 is 5.91 Å². The highest BCUT2D eigenvalue weighted by atomic mass is 16.5. The first kappa shape index (κ1) is 18.4. The number of para-hydroxylation sites is 1. The lowest BCUT2D eigenvalue weighted by atomic mass is 9.92. The standard InChI is InChI=1S/C20H27N3O3/c1-4-8-14(9-5-2)20(24)23-12-15(13-23)19-21-18(22-26-19)16-10-6-7-11-17(16)25-3/h6-7,10-11,14-15H,4-5,8-9,12-13H2,1-3H3. The molecule has 26 heavy (non-hydrogen) atoms. The molecule has 1 aromatic heterocycles. The fourth-order valence-corrected chi connectivity index (χ4v) is 3.50. The molecule has 6 nitrogen and oxygen atoms in total. The zero-order valence-electron chi connectivity index (χ0n) is 15.8. The van der Waals surface area contributed by atoms with E-state index in [9.17, 15) is 4.79 Å². The van der Waals surface area contributed by atoms with Gasteiger partial charge in [-0.05, 0) is 25.0 Å². The molecule has 0 radical (unpaired) electrons. The Morgan fingerprint density at radius 2 is 1.96 bits per heavy atom. The van der Waals surface area contributed by atoms with Crippen molar-refractivity contribution < 1.29 is 14.1 Å². The molecule has 1 aliphatic heterocycles. The summed E-state index contributed by atoms with van der Waals surface area (Å²) in [7, 11) is 1.62. The SMILES string of the molecule is CCCC(CCC)C(=O)N1CC(c2nc(-c3ccccc3OC)no2)C1. The normalized spacial score (nSPS) is 14.5. The van der Waals surface area contributed by atoms with Crippen molar-refractivity contribution in [3.63, 3.8) is 0 Å². The van der Waals surface area contributed by atoms with E-state index < -0.39 is 0 Å². The predicted molar refractivity (Wildman–Crippen MR) is 98.9 cm³/mol. The van der Waals surface area contributed by atoms with E-state index in [-0.39, 0.29) is 17.7 Å². The van der Waals surface area contributed by atoms with Crippen LogP contribution in [0.4, 0.5) is 0 Å². The molecule has 0 N–H and O–H groups in total. The van der Waals surface area contributed by atoms with Crippen LogP contribution < -0.4 is 4.74 Å². The number of aromatic nitrogens is 2. The molecule has 1 aliphatic rings. The molecule has 0 unspecified atom stereocenters. The van der Waals surface area contributed by atoms with E-state index >= 15 is 0 Å². The quantitative estimate of drug-likeness (QED) is 0.717. The molecule has 3 rings (SSSR count). The Balaban J connectivity index is 1.63. The van der Waals surface area contributed by atoms with Crippen LogP contribution in [0.5, 0.6) is 5.75 Å². The van der Waals surface area contributed by atoms with Crippen molar-refractivity contribution in [3.8, 4) is 17.1 Å². The van der Waals surface area contributed by atoms with E-state index in [1.54, 1.807) is 7.11 Å². The second kappa shape index (κ2) is 8.34. The molecule has 6 heteroatoms. The van der Waals surface area contributed by atoms with E-state index in [2.05, 4.69) is 24.0 Å². The number of hydrogen-bond acceptors (Lipinski definition) is 5. The molecule has 1 amide bonds. The number of benzene rings is 1. The minimum atomic E-state index is 0.124. The molecular weight excluding hydrogens is 330 g/mol. The van der Waals surface area contributed by atoms with Crippen LogP contribution >= 0.6 is 0 Å². The number of nitrogens with zero attached hydrogens (tertiary/aromatic N) is 3. The molecule has 1 aromatic carbocycles. The van der Waals surface area contributed by atoms with Crippen LogP contribution in [0.3, 0.4) is 0 Å². The topological polar surface area (TPSA) is 68.5 Å². The van der Waals surface area contributed by atoms with E-state index in [1.165, 1.54) is 0 Å². The predicted octanol–water partition coefficient (Wildman–Crippen LogP) is 3.89. The minimum absolute atomic E-state index is 0.124. The van der Waals surface area contributed by atoms with Crippen molar-refractivity contribution in [2.45, 2.75) is 45.4 Å².